The summed E-state index contributed by atoms with van der Waals surface area (Å²) in [6, 6.07) is 8.42. The van der Waals surface area contributed by atoms with E-state index in [4.69, 9.17) is 76.2 Å². The third kappa shape index (κ3) is 44.5. The van der Waals surface area contributed by atoms with Gasteiger partial charge in [-0.05, 0) is 36.5 Å². The summed E-state index contributed by atoms with van der Waals surface area (Å²) < 4.78 is 82.3. The van der Waals surface area contributed by atoms with E-state index >= 15 is 0 Å². The van der Waals surface area contributed by atoms with Crippen molar-refractivity contribution in [1.82, 2.24) is 0 Å². The predicted octanol–water partition coefficient (Wildman–Crippen LogP) is 4.05. The van der Waals surface area contributed by atoms with E-state index in [1.54, 1.807) is 0 Å². The average molecular weight is 867 g/mol. The number of benzene rings is 1. The molecule has 0 amide bonds. The summed E-state index contributed by atoms with van der Waals surface area (Å²) in [6.45, 7) is 19.0. The minimum atomic E-state index is 0.0225. The molecule has 0 fully saturated rings. The van der Waals surface area contributed by atoms with Crippen molar-refractivity contribution in [2.24, 2.45) is 5.92 Å². The fourth-order valence-electron chi connectivity index (χ4n) is 5.05. The number of aliphatic hydroxyl groups is 1. The first-order valence-electron chi connectivity index (χ1n) is 22.1. The van der Waals surface area contributed by atoms with Crippen LogP contribution in [-0.2, 0) is 72.7 Å². The van der Waals surface area contributed by atoms with E-state index in [0.29, 0.717) is 192 Å². The topological polar surface area (TPSA) is 159 Å². The highest BCUT2D eigenvalue weighted by atomic mass is 16.6. The third-order valence-corrected chi connectivity index (χ3v) is 8.24. The van der Waals surface area contributed by atoms with Crippen molar-refractivity contribution in [3.8, 4) is 5.75 Å². The Balaban J connectivity index is 1.65. The SMILES string of the molecule is CC(C)CCCCCc1ccc(OCCOCCOCCOCCOCCOCCOCCOCCOCCOCCOCCOCCOCCOCCOCCO)cc1. The van der Waals surface area contributed by atoms with Crippen molar-refractivity contribution in [1.29, 1.82) is 0 Å². The van der Waals surface area contributed by atoms with Crippen LogP contribution >= 0.6 is 0 Å². The molecule has 0 aromatic heterocycles. The molecule has 354 valence electrons. The summed E-state index contributed by atoms with van der Waals surface area (Å²) in [5.74, 6) is 1.68. The zero-order chi connectivity index (χ0) is 42.9. The second kappa shape index (κ2) is 48.5. The van der Waals surface area contributed by atoms with Crippen LogP contribution in [0.1, 0.15) is 45.1 Å². The molecule has 16 heteroatoms. The molecule has 0 aliphatic carbocycles. The minimum Gasteiger partial charge on any atom is -0.491 e. The van der Waals surface area contributed by atoms with Gasteiger partial charge >= 0.3 is 0 Å². The van der Waals surface area contributed by atoms with Gasteiger partial charge in [-0.2, -0.15) is 0 Å². The van der Waals surface area contributed by atoms with Crippen molar-refractivity contribution in [3.63, 3.8) is 0 Å². The number of aryl methyl sites for hydroxylation is 1. The predicted molar refractivity (Wildman–Crippen MR) is 227 cm³/mol. The zero-order valence-corrected chi connectivity index (χ0v) is 37.2. The van der Waals surface area contributed by atoms with Crippen LogP contribution in [0.3, 0.4) is 0 Å². The lowest BCUT2D eigenvalue weighted by Gasteiger charge is -2.09. The molecule has 0 aliphatic heterocycles. The molecule has 60 heavy (non-hydrogen) atoms. The number of hydrogen-bond donors (Lipinski definition) is 1. The minimum absolute atomic E-state index is 0.0225. The largest absolute Gasteiger partial charge is 0.491 e. The number of unbranched alkanes of at least 4 members (excludes halogenated alkanes) is 2. The average Bonchev–Trinajstić information content (AvgIpc) is 3.25. The maximum absolute atomic E-state index is 8.60. The molecule has 0 bridgehead atoms. The summed E-state index contributed by atoms with van der Waals surface area (Å²) in [5.41, 5.74) is 1.37. The second-order valence-corrected chi connectivity index (χ2v) is 13.8. The van der Waals surface area contributed by atoms with Crippen LogP contribution in [0, 0.1) is 5.92 Å². The first kappa shape index (κ1) is 56.4. The van der Waals surface area contributed by atoms with Crippen molar-refractivity contribution in [2.75, 3.05) is 198 Å². The molecule has 1 aromatic rings. The zero-order valence-electron chi connectivity index (χ0n) is 37.2. The number of hydrogen-bond acceptors (Lipinski definition) is 16. The molecule has 1 rings (SSSR count). The molecule has 1 N–H and O–H groups in total. The second-order valence-electron chi connectivity index (χ2n) is 13.8. The van der Waals surface area contributed by atoms with Crippen LogP contribution in [0.25, 0.3) is 0 Å². The third-order valence-electron chi connectivity index (χ3n) is 8.24. The lowest BCUT2D eigenvalue weighted by Crippen LogP contribution is -2.16. The standard InChI is InChI=1S/C44H82O16/c1-42(2)6-4-3-5-7-43-8-10-44(11-9-43)60-41-40-59-39-38-58-37-36-57-35-34-56-33-32-55-31-30-54-29-28-53-27-26-52-25-24-51-23-22-50-21-20-49-19-18-48-17-16-47-15-14-46-13-12-45/h8-11,42,45H,3-7,12-41H2,1-2H3. The highest BCUT2D eigenvalue weighted by Crippen LogP contribution is 2.15. The Morgan fingerprint density at radius 1 is 0.333 bits per heavy atom. The Morgan fingerprint density at radius 2 is 0.600 bits per heavy atom. The van der Waals surface area contributed by atoms with Crippen LogP contribution in [0.2, 0.25) is 0 Å². The molecule has 0 saturated heterocycles. The smallest absolute Gasteiger partial charge is 0.119 e. The summed E-state index contributed by atoms with van der Waals surface area (Å²) in [6.07, 6.45) is 6.32. The van der Waals surface area contributed by atoms with Gasteiger partial charge in [0.05, 0.1) is 192 Å². The summed E-state index contributed by atoms with van der Waals surface area (Å²) in [4.78, 5) is 0. The van der Waals surface area contributed by atoms with Crippen molar-refractivity contribution >= 4 is 0 Å². The highest BCUT2D eigenvalue weighted by molar-refractivity contribution is 5.27. The summed E-state index contributed by atoms with van der Waals surface area (Å²) in [7, 11) is 0. The van der Waals surface area contributed by atoms with Gasteiger partial charge in [-0.1, -0.05) is 45.2 Å². The van der Waals surface area contributed by atoms with Crippen molar-refractivity contribution in [3.05, 3.63) is 29.8 Å². The molecule has 1 aromatic carbocycles. The number of rotatable bonds is 51. The van der Waals surface area contributed by atoms with Crippen molar-refractivity contribution in [2.45, 2.75) is 46.0 Å². The Morgan fingerprint density at radius 3 is 0.867 bits per heavy atom. The molecule has 0 saturated carbocycles. The monoisotopic (exact) mass is 867 g/mol. The Labute approximate surface area is 361 Å². The van der Waals surface area contributed by atoms with Gasteiger partial charge in [0.25, 0.3) is 0 Å². The lowest BCUT2D eigenvalue weighted by atomic mass is 10.0. The fourth-order valence-corrected chi connectivity index (χ4v) is 5.05. The van der Waals surface area contributed by atoms with Crippen LogP contribution < -0.4 is 4.74 Å². The molecule has 0 atom stereocenters. The molecule has 0 spiro atoms. The van der Waals surface area contributed by atoms with Gasteiger partial charge in [-0.3, -0.25) is 0 Å². The van der Waals surface area contributed by atoms with Gasteiger partial charge in [-0.15, -0.1) is 0 Å². The first-order chi connectivity index (χ1) is 29.7. The molecule has 0 radical (unpaired) electrons. The van der Waals surface area contributed by atoms with E-state index in [9.17, 15) is 0 Å². The molecule has 0 aliphatic rings. The van der Waals surface area contributed by atoms with Gasteiger partial charge in [0.2, 0.25) is 0 Å². The number of ether oxygens (including phenoxy) is 15. The van der Waals surface area contributed by atoms with Crippen LogP contribution in [0.15, 0.2) is 24.3 Å². The molecule has 16 nitrogen and oxygen atoms in total. The van der Waals surface area contributed by atoms with E-state index in [1.807, 2.05) is 12.1 Å². The first-order valence-corrected chi connectivity index (χ1v) is 22.1. The van der Waals surface area contributed by atoms with E-state index < -0.39 is 0 Å². The maximum Gasteiger partial charge on any atom is 0.119 e. The van der Waals surface area contributed by atoms with Gasteiger partial charge in [-0.25, -0.2) is 0 Å². The molecule has 0 unspecified atom stereocenters. The lowest BCUT2D eigenvalue weighted by molar-refractivity contribution is -0.0298. The molecular formula is C44H82O16. The summed E-state index contributed by atoms with van der Waals surface area (Å²) in [5, 5.41) is 8.60. The quantitative estimate of drug-likeness (QED) is 0.0935. The van der Waals surface area contributed by atoms with Gasteiger partial charge in [0.15, 0.2) is 0 Å². The molecular weight excluding hydrogens is 784 g/mol. The van der Waals surface area contributed by atoms with Crippen LogP contribution in [0.4, 0.5) is 0 Å². The fraction of sp³-hybridized carbons (Fsp3) is 0.864. The summed E-state index contributed by atoms with van der Waals surface area (Å²) >= 11 is 0. The maximum atomic E-state index is 8.60. The van der Waals surface area contributed by atoms with E-state index in [-0.39, 0.29) is 6.61 Å². The highest BCUT2D eigenvalue weighted by Gasteiger charge is 2.00. The van der Waals surface area contributed by atoms with Gasteiger partial charge < -0.3 is 76.2 Å². The number of aliphatic hydroxyl groups excluding tert-OH is 1. The molecule has 0 heterocycles. The van der Waals surface area contributed by atoms with Crippen LogP contribution in [0.5, 0.6) is 5.75 Å². The van der Waals surface area contributed by atoms with E-state index in [0.717, 1.165) is 18.1 Å². The van der Waals surface area contributed by atoms with Crippen molar-refractivity contribution < 1.29 is 76.2 Å². The van der Waals surface area contributed by atoms with E-state index in [1.165, 1.54) is 31.2 Å². The van der Waals surface area contributed by atoms with Gasteiger partial charge in [0, 0.05) is 0 Å². The van der Waals surface area contributed by atoms with Crippen LogP contribution in [-0.4, -0.2) is 203 Å². The van der Waals surface area contributed by atoms with E-state index in [2.05, 4.69) is 26.0 Å². The Bertz CT molecular complexity index is 945. The normalized spacial score (nSPS) is 11.7. The Hall–Kier alpha value is -1.58. The van der Waals surface area contributed by atoms with Gasteiger partial charge in [0.1, 0.15) is 12.4 Å². The Kier molecular flexibility index (Phi) is 45.6.